The molecule has 1 unspecified atom stereocenters. The highest BCUT2D eigenvalue weighted by molar-refractivity contribution is 7.47. The number of rotatable bonds is 10. The van der Waals surface area contributed by atoms with E-state index in [0.29, 0.717) is 29.7 Å². The summed E-state index contributed by atoms with van der Waals surface area (Å²) in [5.74, 6) is -0.218. The summed E-state index contributed by atoms with van der Waals surface area (Å²) < 4.78 is 54.4. The molecular formula is C21H27N9O11P2. The Balaban J connectivity index is 1.14. The minimum atomic E-state index is -4.85. The zero-order chi connectivity index (χ0) is 30.5. The van der Waals surface area contributed by atoms with E-state index in [4.69, 9.17) is 39.8 Å². The number of hydrogen-bond donors (Lipinski definition) is 6. The van der Waals surface area contributed by atoms with Crippen molar-refractivity contribution in [1.82, 2.24) is 34.1 Å². The van der Waals surface area contributed by atoms with Gasteiger partial charge in [0.05, 0.1) is 43.8 Å². The molecule has 43 heavy (non-hydrogen) atoms. The number of nitrogens with zero attached hydrogens (tertiary/aromatic N) is 6. The van der Waals surface area contributed by atoms with Gasteiger partial charge in [-0.3, -0.25) is 32.5 Å². The lowest BCUT2D eigenvalue weighted by Crippen LogP contribution is -2.24. The molecule has 0 spiro atoms. The van der Waals surface area contributed by atoms with E-state index in [9.17, 15) is 18.8 Å². The third-order valence-corrected chi connectivity index (χ3v) is 8.38. The van der Waals surface area contributed by atoms with Gasteiger partial charge in [-0.1, -0.05) is 0 Å². The number of hydrogen-bond acceptors (Lipinski definition) is 14. The van der Waals surface area contributed by atoms with Gasteiger partial charge in [0.2, 0.25) is 5.95 Å². The summed E-state index contributed by atoms with van der Waals surface area (Å²) >= 11 is 0. The second-order valence-corrected chi connectivity index (χ2v) is 12.5. The van der Waals surface area contributed by atoms with Crippen LogP contribution in [-0.2, 0) is 32.2 Å². The summed E-state index contributed by atoms with van der Waals surface area (Å²) in [7, 11) is -9.61. The fourth-order valence-electron chi connectivity index (χ4n) is 5.03. The summed E-state index contributed by atoms with van der Waals surface area (Å²) in [5, 5.41) is 0. The van der Waals surface area contributed by atoms with Crippen LogP contribution in [0, 0.1) is 0 Å². The van der Waals surface area contributed by atoms with Crippen LogP contribution in [0.25, 0.3) is 22.3 Å². The number of imidazole rings is 2. The third kappa shape index (κ3) is 6.34. The molecule has 6 rings (SSSR count). The Morgan fingerprint density at radius 1 is 0.977 bits per heavy atom. The predicted octanol–water partition coefficient (Wildman–Crippen LogP) is 0.305. The Morgan fingerprint density at radius 2 is 1.72 bits per heavy atom. The first-order valence-electron chi connectivity index (χ1n) is 12.8. The van der Waals surface area contributed by atoms with Gasteiger partial charge < -0.3 is 35.6 Å². The molecule has 2 aliphatic heterocycles. The number of fused-ring (bicyclic) bond motifs is 2. The van der Waals surface area contributed by atoms with Crippen LogP contribution in [0.3, 0.4) is 0 Å². The number of nitrogens with one attached hydrogen (secondary N) is 1. The van der Waals surface area contributed by atoms with Crippen LogP contribution in [0.2, 0.25) is 0 Å². The molecule has 0 aliphatic carbocycles. The van der Waals surface area contributed by atoms with Crippen LogP contribution in [-0.4, -0.2) is 80.3 Å². The Bertz CT molecular complexity index is 1810. The van der Waals surface area contributed by atoms with Gasteiger partial charge in [-0.15, -0.1) is 0 Å². The standard InChI is InChI=1S/C21H27N9O11P2/c22-12-3-4-24-17-15(12)25-8-29(17)14-2-1-10(39-14)6-38-43(35,36)41-13-5-11(7-37-42(32,33)34)40-20(13)30-9-26-16-18(30)27-21(23)28-19(16)31/h3-4,8-11,13-14,20H,1-2,5-7H2,(H2,22,24)(H,35,36)(H2,32,33,34)(H3,23,27,28,31)/t10-,11-,13+,14+,20+/m0/s1. The van der Waals surface area contributed by atoms with E-state index >= 15 is 0 Å². The molecule has 0 radical (unpaired) electrons. The van der Waals surface area contributed by atoms with Crippen LogP contribution < -0.4 is 17.0 Å². The predicted molar refractivity (Wildman–Crippen MR) is 145 cm³/mol. The lowest BCUT2D eigenvalue weighted by atomic mass is 10.2. The highest BCUT2D eigenvalue weighted by atomic mass is 31.2. The number of aromatic nitrogens is 7. The van der Waals surface area contributed by atoms with E-state index in [1.165, 1.54) is 10.9 Å². The van der Waals surface area contributed by atoms with Crippen molar-refractivity contribution in [2.75, 3.05) is 24.7 Å². The fourth-order valence-corrected chi connectivity index (χ4v) is 6.34. The molecule has 2 fully saturated rings. The van der Waals surface area contributed by atoms with Crippen molar-refractivity contribution in [1.29, 1.82) is 0 Å². The first-order valence-corrected chi connectivity index (χ1v) is 15.9. The summed E-state index contributed by atoms with van der Waals surface area (Å²) in [6, 6.07) is 1.64. The van der Waals surface area contributed by atoms with Crippen molar-refractivity contribution in [3.8, 4) is 0 Å². The van der Waals surface area contributed by atoms with Crippen LogP contribution in [0.4, 0.5) is 11.6 Å². The molecule has 4 aromatic heterocycles. The van der Waals surface area contributed by atoms with Gasteiger partial charge >= 0.3 is 15.6 Å². The van der Waals surface area contributed by atoms with Gasteiger partial charge in [0.15, 0.2) is 23.0 Å². The third-order valence-electron chi connectivity index (χ3n) is 6.88. The van der Waals surface area contributed by atoms with Gasteiger partial charge in [-0.25, -0.2) is 24.1 Å². The molecule has 0 aromatic carbocycles. The number of anilines is 2. The first kappa shape index (κ1) is 29.8. The average Bonchev–Trinajstić information content (AvgIpc) is 3.71. The number of H-pyrrole nitrogens is 1. The smallest absolute Gasteiger partial charge is 0.397 e. The maximum Gasteiger partial charge on any atom is 0.472 e. The van der Waals surface area contributed by atoms with Gasteiger partial charge in [0, 0.05) is 12.6 Å². The number of aromatic amines is 1. The maximum absolute atomic E-state index is 13.0. The second kappa shape index (κ2) is 11.3. The quantitative estimate of drug-likeness (QED) is 0.127. The molecule has 20 nitrogen and oxygen atoms in total. The lowest BCUT2D eigenvalue weighted by molar-refractivity contribution is -0.0531. The van der Waals surface area contributed by atoms with E-state index in [1.54, 1.807) is 23.2 Å². The molecule has 4 aromatic rings. The Labute approximate surface area is 240 Å². The minimum Gasteiger partial charge on any atom is -0.397 e. The topological polar surface area (TPSA) is 287 Å². The summed E-state index contributed by atoms with van der Waals surface area (Å²) in [5.41, 5.74) is 12.4. The van der Waals surface area contributed by atoms with Crippen LogP contribution in [0.15, 0.2) is 29.7 Å². The molecule has 2 saturated heterocycles. The van der Waals surface area contributed by atoms with Crippen molar-refractivity contribution in [3.05, 3.63) is 35.3 Å². The zero-order valence-corrected chi connectivity index (χ0v) is 23.9. The van der Waals surface area contributed by atoms with E-state index in [2.05, 4.69) is 29.4 Å². The Hall–Kier alpha value is -3.29. The Kier molecular flexibility index (Phi) is 7.84. The van der Waals surface area contributed by atoms with Crippen LogP contribution in [0.5, 0.6) is 0 Å². The number of phosphoric ester groups is 2. The number of nitrogen functional groups attached to an aromatic ring is 2. The molecule has 6 heterocycles. The molecule has 232 valence electrons. The zero-order valence-electron chi connectivity index (χ0n) is 22.1. The van der Waals surface area contributed by atoms with Crippen LogP contribution in [0.1, 0.15) is 31.7 Å². The van der Waals surface area contributed by atoms with Crippen molar-refractivity contribution in [3.63, 3.8) is 0 Å². The number of ether oxygens (including phenoxy) is 2. The molecule has 22 heteroatoms. The van der Waals surface area contributed by atoms with Crippen molar-refractivity contribution in [2.24, 2.45) is 0 Å². The molecule has 8 N–H and O–H groups in total. The average molecular weight is 643 g/mol. The summed E-state index contributed by atoms with van der Waals surface area (Å²) in [6.07, 6.45) is 0.736. The van der Waals surface area contributed by atoms with Crippen molar-refractivity contribution in [2.45, 2.75) is 50.0 Å². The van der Waals surface area contributed by atoms with Gasteiger partial charge in [0.25, 0.3) is 5.56 Å². The van der Waals surface area contributed by atoms with Gasteiger partial charge in [0.1, 0.15) is 17.8 Å². The normalized spacial score (nSPS) is 26.0. The molecular weight excluding hydrogens is 616 g/mol. The SMILES string of the molecule is Nc1nc2c(ncn2[C@@H]2O[C@H](COP(=O)(O)O)C[C@H]2OP(=O)(O)OC[C@@H]2CC[C@H](n3cnc4c(N)ccnc43)O2)c(=O)[nH]1. The van der Waals surface area contributed by atoms with E-state index in [1.807, 2.05) is 0 Å². The van der Waals surface area contributed by atoms with Gasteiger partial charge in [-0.05, 0) is 18.9 Å². The lowest BCUT2D eigenvalue weighted by Gasteiger charge is -2.23. The summed E-state index contributed by atoms with van der Waals surface area (Å²) in [6.45, 7) is -0.863. The number of nitrogens with two attached hydrogens (primary N) is 2. The number of phosphoric acid groups is 2. The molecule has 0 saturated carbocycles. The highest BCUT2D eigenvalue weighted by Gasteiger charge is 2.44. The fraction of sp³-hybridized carbons (Fsp3) is 0.476. The van der Waals surface area contributed by atoms with E-state index in [-0.39, 0.29) is 30.1 Å². The molecule has 6 atom stereocenters. The minimum absolute atomic E-state index is 0.0150. The second-order valence-electron chi connectivity index (χ2n) is 9.87. The summed E-state index contributed by atoms with van der Waals surface area (Å²) in [4.78, 5) is 60.0. The first-order chi connectivity index (χ1) is 20.4. The largest absolute Gasteiger partial charge is 0.472 e. The highest BCUT2D eigenvalue weighted by Crippen LogP contribution is 2.50. The number of pyridine rings is 1. The van der Waals surface area contributed by atoms with Crippen LogP contribution >= 0.6 is 15.6 Å². The molecule has 2 aliphatic rings. The monoisotopic (exact) mass is 643 g/mol. The van der Waals surface area contributed by atoms with E-state index in [0.717, 1.165) is 0 Å². The van der Waals surface area contributed by atoms with Crippen molar-refractivity contribution < 1.29 is 46.9 Å². The van der Waals surface area contributed by atoms with Gasteiger partial charge in [-0.2, -0.15) is 4.98 Å². The Morgan fingerprint density at radius 3 is 2.51 bits per heavy atom. The molecule has 0 bridgehead atoms. The van der Waals surface area contributed by atoms with E-state index < -0.39 is 58.6 Å². The maximum atomic E-state index is 13.0. The molecule has 0 amide bonds. The van der Waals surface area contributed by atoms with Crippen molar-refractivity contribution >= 4 is 49.6 Å².